The van der Waals surface area contributed by atoms with Crippen molar-refractivity contribution in [3.8, 4) is 5.75 Å². The van der Waals surface area contributed by atoms with Gasteiger partial charge in [0.25, 0.3) is 5.56 Å². The summed E-state index contributed by atoms with van der Waals surface area (Å²) in [6.45, 7) is 4.11. The second kappa shape index (κ2) is 10.5. The van der Waals surface area contributed by atoms with Gasteiger partial charge in [0.2, 0.25) is 5.91 Å². The zero-order valence-corrected chi connectivity index (χ0v) is 20.3. The van der Waals surface area contributed by atoms with E-state index in [0.29, 0.717) is 17.5 Å². The van der Waals surface area contributed by atoms with Crippen LogP contribution in [0.15, 0.2) is 71.5 Å². The largest absolute Gasteiger partial charge is 0.497 e. The molecule has 2 aromatic carbocycles. The Morgan fingerprint density at radius 3 is 2.60 bits per heavy atom. The molecule has 3 heterocycles. The number of nitrogens with zero attached hydrogens (tertiary/aromatic N) is 1. The lowest BCUT2D eigenvalue weighted by atomic mass is 9.83. The lowest BCUT2D eigenvalue weighted by molar-refractivity contribution is -0.911. The zero-order valence-electron chi connectivity index (χ0n) is 20.3. The predicted octanol–water partition coefficient (Wildman–Crippen LogP) is 2.67. The molecule has 3 aromatic rings. The van der Waals surface area contributed by atoms with E-state index in [-0.39, 0.29) is 17.9 Å². The number of aromatic nitrogens is 1. The van der Waals surface area contributed by atoms with Crippen molar-refractivity contribution in [2.45, 2.75) is 38.1 Å². The molecule has 2 N–H and O–H groups in total. The number of amides is 1. The summed E-state index contributed by atoms with van der Waals surface area (Å²) in [6.07, 6.45) is 3.68. The average molecular weight is 473 g/mol. The van der Waals surface area contributed by atoms with Crippen molar-refractivity contribution in [3.63, 3.8) is 0 Å². The van der Waals surface area contributed by atoms with Gasteiger partial charge in [0.15, 0.2) is 0 Å². The number of fused-ring (bicyclic) bond motifs is 4. The highest BCUT2D eigenvalue weighted by molar-refractivity contribution is 5.92. The molecule has 3 atom stereocenters. The van der Waals surface area contributed by atoms with E-state index in [2.05, 4.69) is 41.7 Å². The smallest absolute Gasteiger partial charge is 0.274 e. The Morgan fingerprint density at radius 1 is 1.03 bits per heavy atom. The molecular formula is C29H34N3O3+. The summed E-state index contributed by atoms with van der Waals surface area (Å²) in [6, 6.07) is 22.0. The Kier molecular flexibility index (Phi) is 7.00. The minimum Gasteiger partial charge on any atom is -0.497 e. The number of nitrogens with one attached hydrogen (secondary N) is 2. The molecule has 2 aliphatic rings. The summed E-state index contributed by atoms with van der Waals surface area (Å²) >= 11 is 0. The van der Waals surface area contributed by atoms with E-state index in [1.807, 2.05) is 28.8 Å². The number of hydrogen-bond acceptors (Lipinski definition) is 3. The Hall–Kier alpha value is -3.38. The number of anilines is 1. The first-order chi connectivity index (χ1) is 17.1. The Labute approximate surface area is 206 Å². The Bertz CT molecular complexity index is 1220. The number of methoxy groups -OCH3 is 1. The molecular weight excluding hydrogens is 438 g/mol. The second-order valence-corrected chi connectivity index (χ2v) is 9.96. The highest BCUT2D eigenvalue weighted by Gasteiger charge is 2.37. The van der Waals surface area contributed by atoms with Crippen LogP contribution in [0, 0.1) is 5.92 Å². The van der Waals surface area contributed by atoms with Gasteiger partial charge in [-0.1, -0.05) is 42.5 Å². The van der Waals surface area contributed by atoms with Crippen molar-refractivity contribution >= 4 is 11.6 Å². The summed E-state index contributed by atoms with van der Waals surface area (Å²) < 4.78 is 7.09. The van der Waals surface area contributed by atoms with E-state index in [0.717, 1.165) is 49.5 Å². The minimum absolute atomic E-state index is 0.0761. The third kappa shape index (κ3) is 5.49. The van der Waals surface area contributed by atoms with Gasteiger partial charge < -0.3 is 19.5 Å². The Morgan fingerprint density at radius 2 is 1.83 bits per heavy atom. The number of aryl methyl sites for hydroxylation is 1. The van der Waals surface area contributed by atoms with E-state index >= 15 is 0 Å². The monoisotopic (exact) mass is 472 g/mol. The van der Waals surface area contributed by atoms with Crippen LogP contribution in [0.5, 0.6) is 5.75 Å². The highest BCUT2D eigenvalue weighted by atomic mass is 16.5. The summed E-state index contributed by atoms with van der Waals surface area (Å²) in [7, 11) is 1.62. The first-order valence-corrected chi connectivity index (χ1v) is 12.6. The highest BCUT2D eigenvalue weighted by Crippen LogP contribution is 2.31. The maximum Gasteiger partial charge on any atom is 0.274 e. The molecule has 1 unspecified atom stereocenters. The van der Waals surface area contributed by atoms with Crippen molar-refractivity contribution in [2.75, 3.05) is 32.1 Å². The first kappa shape index (κ1) is 23.4. The van der Waals surface area contributed by atoms with Gasteiger partial charge in [-0.3, -0.25) is 9.59 Å². The van der Waals surface area contributed by atoms with E-state index in [1.54, 1.807) is 18.1 Å². The molecule has 6 heteroatoms. The third-order valence-corrected chi connectivity index (χ3v) is 7.43. The summed E-state index contributed by atoms with van der Waals surface area (Å²) in [5.74, 6) is 1.49. The van der Waals surface area contributed by atoms with Crippen molar-refractivity contribution in [1.82, 2.24) is 4.57 Å². The molecule has 1 aromatic heterocycles. The lowest BCUT2D eigenvalue weighted by Crippen LogP contribution is -3.14. The quantitative estimate of drug-likeness (QED) is 0.530. The number of hydrogen-bond donors (Lipinski definition) is 2. The Balaban J connectivity index is 1.21. The molecule has 1 fully saturated rings. The molecule has 0 saturated carbocycles. The van der Waals surface area contributed by atoms with Crippen LogP contribution >= 0.6 is 0 Å². The number of rotatable bonds is 8. The summed E-state index contributed by atoms with van der Waals surface area (Å²) in [4.78, 5) is 27.5. The number of carbonyl (C=O) groups is 1. The second-order valence-electron chi connectivity index (χ2n) is 9.96. The maximum absolute atomic E-state index is 13.3. The molecule has 1 saturated heterocycles. The van der Waals surface area contributed by atoms with Crippen LogP contribution in [-0.4, -0.2) is 37.2 Å². The van der Waals surface area contributed by atoms with Gasteiger partial charge in [0.05, 0.1) is 33.2 Å². The van der Waals surface area contributed by atoms with Crippen molar-refractivity contribution < 1.29 is 14.4 Å². The van der Waals surface area contributed by atoms with Crippen LogP contribution in [0.1, 0.15) is 35.6 Å². The number of carbonyl (C=O) groups excluding carboxylic acids is 1. The molecule has 0 spiro atoms. The fourth-order valence-electron chi connectivity index (χ4n) is 5.78. The van der Waals surface area contributed by atoms with Crippen LogP contribution in [-0.2, 0) is 24.2 Å². The number of quaternary nitrogens is 1. The van der Waals surface area contributed by atoms with Crippen molar-refractivity contribution in [2.24, 2.45) is 5.92 Å². The van der Waals surface area contributed by atoms with Gasteiger partial charge in [-0.2, -0.15) is 0 Å². The molecule has 0 radical (unpaired) electrons. The van der Waals surface area contributed by atoms with Crippen molar-refractivity contribution in [1.29, 1.82) is 0 Å². The SMILES string of the molecule is COc1ccc(CC(=O)Nc2ccc3n(c2=O)C[C@H]2C[C@@H]3C[NH+](CCCc3ccccc3)C2)cc1. The standard InChI is InChI=1S/C29H33N3O3/c1-35-25-11-9-22(10-12-25)17-28(33)30-26-13-14-27-24-16-23(19-32(27)29(26)34)18-31(20-24)15-5-8-21-6-3-2-4-7-21/h2-4,6-7,9-14,23-24H,5,8,15-20H2,1H3,(H,30,33)/p+1/t23-,24+/m0/s1. The molecule has 1 amide bonds. The molecule has 6 nitrogen and oxygen atoms in total. The van der Waals surface area contributed by atoms with Gasteiger partial charge in [0.1, 0.15) is 11.4 Å². The normalized spacial score (nSPS) is 20.7. The molecule has 182 valence electrons. The van der Waals surface area contributed by atoms with Gasteiger partial charge in [-0.05, 0) is 48.2 Å². The molecule has 2 bridgehead atoms. The van der Waals surface area contributed by atoms with E-state index < -0.39 is 0 Å². The molecule has 0 aliphatic carbocycles. The average Bonchev–Trinajstić information content (AvgIpc) is 2.87. The van der Waals surface area contributed by atoms with Gasteiger partial charge in [-0.15, -0.1) is 0 Å². The van der Waals surface area contributed by atoms with Gasteiger partial charge in [-0.25, -0.2) is 0 Å². The van der Waals surface area contributed by atoms with Gasteiger partial charge >= 0.3 is 0 Å². The fourth-order valence-corrected chi connectivity index (χ4v) is 5.78. The van der Waals surface area contributed by atoms with Crippen LogP contribution in [0.2, 0.25) is 0 Å². The van der Waals surface area contributed by atoms with Crippen LogP contribution in [0.4, 0.5) is 5.69 Å². The molecule has 5 rings (SSSR count). The number of pyridine rings is 1. The van der Waals surface area contributed by atoms with E-state index in [1.165, 1.54) is 18.5 Å². The zero-order chi connectivity index (χ0) is 24.2. The summed E-state index contributed by atoms with van der Waals surface area (Å²) in [5, 5.41) is 2.85. The first-order valence-electron chi connectivity index (χ1n) is 12.6. The summed E-state index contributed by atoms with van der Waals surface area (Å²) in [5.41, 5.74) is 3.71. The minimum atomic E-state index is -0.183. The molecule has 35 heavy (non-hydrogen) atoms. The van der Waals surface area contributed by atoms with Crippen molar-refractivity contribution in [3.05, 3.63) is 93.9 Å². The van der Waals surface area contributed by atoms with Gasteiger partial charge in [0, 0.05) is 30.5 Å². The maximum atomic E-state index is 13.3. The number of ether oxygens (including phenoxy) is 1. The van der Waals surface area contributed by atoms with Crippen LogP contribution in [0.25, 0.3) is 0 Å². The van der Waals surface area contributed by atoms with E-state index in [9.17, 15) is 9.59 Å². The number of piperidine rings is 1. The van der Waals surface area contributed by atoms with Crippen LogP contribution < -0.4 is 20.5 Å². The van der Waals surface area contributed by atoms with Crippen LogP contribution in [0.3, 0.4) is 0 Å². The van der Waals surface area contributed by atoms with E-state index in [4.69, 9.17) is 4.74 Å². The number of likely N-dealkylation sites (tertiary alicyclic amines) is 1. The lowest BCUT2D eigenvalue weighted by Gasteiger charge is -2.40. The topological polar surface area (TPSA) is 64.8 Å². The molecule has 2 aliphatic heterocycles. The third-order valence-electron chi connectivity index (χ3n) is 7.43. The predicted molar refractivity (Wildman–Crippen MR) is 137 cm³/mol. The fraction of sp³-hybridized carbons (Fsp3) is 0.379. The number of benzene rings is 2.